The normalized spacial score (nSPS) is 21.2. The zero-order valence-corrected chi connectivity index (χ0v) is 15.6. The van der Waals surface area contributed by atoms with E-state index in [1.54, 1.807) is 16.2 Å². The van der Waals surface area contributed by atoms with Gasteiger partial charge < -0.3 is 15.3 Å². The Kier molecular flexibility index (Phi) is 5.93. The second-order valence-corrected chi connectivity index (χ2v) is 7.97. The van der Waals surface area contributed by atoms with Crippen molar-refractivity contribution in [1.29, 1.82) is 0 Å². The summed E-state index contributed by atoms with van der Waals surface area (Å²) in [6.45, 7) is 2.86. The Balaban J connectivity index is 1.71. The number of carbonyl (C=O) groups excluding carboxylic acids is 1. The van der Waals surface area contributed by atoms with Crippen molar-refractivity contribution in [3.63, 3.8) is 0 Å². The molecule has 1 aliphatic rings. The van der Waals surface area contributed by atoms with E-state index in [9.17, 15) is 14.7 Å². The smallest absolute Gasteiger partial charge is 0.317 e. The molecule has 0 aliphatic carbocycles. The molecule has 3 rings (SSSR count). The van der Waals surface area contributed by atoms with E-state index in [1.165, 1.54) is 0 Å². The van der Waals surface area contributed by atoms with Crippen LogP contribution in [0.15, 0.2) is 47.8 Å². The first-order valence-corrected chi connectivity index (χ1v) is 9.76. The molecule has 0 saturated carbocycles. The SMILES string of the molecule is CC1CC(C(=O)O)CN(C(=O)NC(Cc2ccccc2)c2cccs2)C1. The fourth-order valence-corrected chi connectivity index (χ4v) is 4.28. The van der Waals surface area contributed by atoms with E-state index < -0.39 is 11.9 Å². The molecule has 6 heteroatoms. The van der Waals surface area contributed by atoms with Crippen LogP contribution in [-0.4, -0.2) is 35.1 Å². The van der Waals surface area contributed by atoms with E-state index in [0.29, 0.717) is 19.4 Å². The molecule has 5 nitrogen and oxygen atoms in total. The minimum Gasteiger partial charge on any atom is -0.481 e. The maximum Gasteiger partial charge on any atom is 0.317 e. The quantitative estimate of drug-likeness (QED) is 0.839. The molecule has 0 radical (unpaired) electrons. The lowest BCUT2D eigenvalue weighted by atomic mass is 9.91. The van der Waals surface area contributed by atoms with Crippen LogP contribution in [0.3, 0.4) is 0 Å². The fourth-order valence-electron chi connectivity index (χ4n) is 3.50. The van der Waals surface area contributed by atoms with Crippen molar-refractivity contribution in [3.8, 4) is 0 Å². The van der Waals surface area contributed by atoms with Crippen molar-refractivity contribution in [1.82, 2.24) is 10.2 Å². The molecular weight excluding hydrogens is 348 g/mol. The topological polar surface area (TPSA) is 69.6 Å². The van der Waals surface area contributed by atoms with E-state index in [0.717, 1.165) is 10.4 Å². The summed E-state index contributed by atoms with van der Waals surface area (Å²) >= 11 is 1.62. The summed E-state index contributed by atoms with van der Waals surface area (Å²) in [5.41, 5.74) is 1.15. The van der Waals surface area contributed by atoms with Gasteiger partial charge in [-0.05, 0) is 35.8 Å². The van der Waals surface area contributed by atoms with Gasteiger partial charge in [0, 0.05) is 18.0 Å². The highest BCUT2D eigenvalue weighted by molar-refractivity contribution is 7.10. The van der Waals surface area contributed by atoms with Gasteiger partial charge in [-0.3, -0.25) is 4.79 Å². The van der Waals surface area contributed by atoms with Gasteiger partial charge in [0.2, 0.25) is 0 Å². The molecule has 2 N–H and O–H groups in total. The molecule has 2 aromatic rings. The first kappa shape index (κ1) is 18.5. The van der Waals surface area contributed by atoms with Crippen molar-refractivity contribution in [2.75, 3.05) is 13.1 Å². The number of carboxylic acids is 1. The lowest BCUT2D eigenvalue weighted by molar-refractivity contribution is -0.143. The number of nitrogens with zero attached hydrogens (tertiary/aromatic N) is 1. The van der Waals surface area contributed by atoms with Gasteiger partial charge in [-0.1, -0.05) is 43.3 Å². The van der Waals surface area contributed by atoms with Crippen molar-refractivity contribution in [2.24, 2.45) is 11.8 Å². The number of piperidine rings is 1. The number of rotatable bonds is 5. The van der Waals surface area contributed by atoms with Crippen LogP contribution in [0.2, 0.25) is 0 Å². The predicted molar refractivity (Wildman–Crippen MR) is 102 cm³/mol. The third-order valence-corrected chi connectivity index (χ3v) is 5.75. The average molecular weight is 372 g/mol. The summed E-state index contributed by atoms with van der Waals surface area (Å²) in [5.74, 6) is -1.13. The lowest BCUT2D eigenvalue weighted by Gasteiger charge is -2.35. The number of thiophene rings is 1. The maximum absolute atomic E-state index is 12.8. The standard InChI is InChI=1S/C20H24N2O3S/c1-14-10-16(19(23)24)13-22(12-14)20(25)21-17(18-8-5-9-26-18)11-15-6-3-2-4-7-15/h2-9,14,16-17H,10-13H2,1H3,(H,21,25)(H,23,24). The number of hydrogen-bond acceptors (Lipinski definition) is 3. The number of benzene rings is 1. The fraction of sp³-hybridized carbons (Fsp3) is 0.400. The Morgan fingerprint density at radius 1 is 1.23 bits per heavy atom. The highest BCUT2D eigenvalue weighted by Crippen LogP contribution is 2.25. The van der Waals surface area contributed by atoms with Crippen molar-refractivity contribution < 1.29 is 14.7 Å². The molecule has 0 bridgehead atoms. The number of urea groups is 1. The summed E-state index contributed by atoms with van der Waals surface area (Å²) < 4.78 is 0. The highest BCUT2D eigenvalue weighted by atomic mass is 32.1. The number of carboxylic acid groups (broad SMARTS) is 1. The second-order valence-electron chi connectivity index (χ2n) is 6.99. The number of amides is 2. The molecule has 2 heterocycles. The lowest BCUT2D eigenvalue weighted by Crippen LogP contribution is -2.50. The first-order valence-electron chi connectivity index (χ1n) is 8.88. The zero-order valence-electron chi connectivity index (χ0n) is 14.8. The molecular formula is C20H24N2O3S. The Morgan fingerprint density at radius 2 is 2.00 bits per heavy atom. The number of likely N-dealkylation sites (tertiary alicyclic amines) is 1. The zero-order chi connectivity index (χ0) is 18.5. The molecule has 1 saturated heterocycles. The predicted octanol–water partition coefficient (Wildman–Crippen LogP) is 3.78. The van der Waals surface area contributed by atoms with Gasteiger partial charge in [0.15, 0.2) is 0 Å². The van der Waals surface area contributed by atoms with Gasteiger partial charge >= 0.3 is 12.0 Å². The van der Waals surface area contributed by atoms with Crippen LogP contribution in [-0.2, 0) is 11.2 Å². The maximum atomic E-state index is 12.8. The van der Waals surface area contributed by atoms with Crippen LogP contribution >= 0.6 is 11.3 Å². The van der Waals surface area contributed by atoms with E-state index >= 15 is 0 Å². The molecule has 3 unspecified atom stereocenters. The molecule has 2 amide bonds. The van der Waals surface area contributed by atoms with Crippen molar-refractivity contribution >= 4 is 23.3 Å². The largest absolute Gasteiger partial charge is 0.481 e. The Bertz CT molecular complexity index is 733. The summed E-state index contributed by atoms with van der Waals surface area (Å²) in [6, 6.07) is 13.8. The van der Waals surface area contributed by atoms with Crippen LogP contribution in [0, 0.1) is 11.8 Å². The van der Waals surface area contributed by atoms with E-state index in [-0.39, 0.29) is 24.5 Å². The Hall–Kier alpha value is -2.34. The molecule has 1 aliphatic heterocycles. The van der Waals surface area contributed by atoms with Gasteiger partial charge in [-0.15, -0.1) is 11.3 Å². The van der Waals surface area contributed by atoms with Gasteiger partial charge in [0.05, 0.1) is 12.0 Å². The average Bonchev–Trinajstić information content (AvgIpc) is 3.16. The summed E-state index contributed by atoms with van der Waals surface area (Å²) in [6.07, 6.45) is 1.33. The van der Waals surface area contributed by atoms with Gasteiger partial charge in [-0.2, -0.15) is 0 Å². The van der Waals surface area contributed by atoms with E-state index in [2.05, 4.69) is 17.4 Å². The van der Waals surface area contributed by atoms with Gasteiger partial charge in [-0.25, -0.2) is 4.79 Å². The first-order chi connectivity index (χ1) is 12.5. The third-order valence-electron chi connectivity index (χ3n) is 4.76. The summed E-state index contributed by atoms with van der Waals surface area (Å²) in [5, 5.41) is 14.5. The molecule has 3 atom stereocenters. The number of hydrogen-bond donors (Lipinski definition) is 2. The van der Waals surface area contributed by atoms with Crippen molar-refractivity contribution in [2.45, 2.75) is 25.8 Å². The van der Waals surface area contributed by atoms with Crippen molar-refractivity contribution in [3.05, 3.63) is 58.3 Å². The molecule has 1 fully saturated rings. The van der Waals surface area contributed by atoms with Crippen LogP contribution < -0.4 is 5.32 Å². The summed E-state index contributed by atoms with van der Waals surface area (Å²) in [7, 11) is 0. The molecule has 138 valence electrons. The third kappa shape index (κ3) is 4.64. The summed E-state index contributed by atoms with van der Waals surface area (Å²) in [4.78, 5) is 26.9. The minimum absolute atomic E-state index is 0.120. The molecule has 1 aromatic carbocycles. The molecule has 0 spiro atoms. The van der Waals surface area contributed by atoms with Crippen LogP contribution in [0.1, 0.15) is 29.8 Å². The monoisotopic (exact) mass is 372 g/mol. The van der Waals surface area contributed by atoms with Crippen LogP contribution in [0.4, 0.5) is 4.79 Å². The van der Waals surface area contributed by atoms with Crippen LogP contribution in [0.5, 0.6) is 0 Å². The van der Waals surface area contributed by atoms with Gasteiger partial charge in [0.25, 0.3) is 0 Å². The Labute approximate surface area is 157 Å². The second kappa shape index (κ2) is 8.36. The van der Waals surface area contributed by atoms with E-state index in [1.807, 2.05) is 42.6 Å². The van der Waals surface area contributed by atoms with Gasteiger partial charge in [0.1, 0.15) is 0 Å². The number of aliphatic carboxylic acids is 1. The van der Waals surface area contributed by atoms with Crippen LogP contribution in [0.25, 0.3) is 0 Å². The highest BCUT2D eigenvalue weighted by Gasteiger charge is 2.32. The molecule has 26 heavy (non-hydrogen) atoms. The molecule has 1 aromatic heterocycles. The number of carbonyl (C=O) groups is 2. The number of nitrogens with one attached hydrogen (secondary N) is 1. The Morgan fingerprint density at radius 3 is 2.65 bits per heavy atom. The van der Waals surface area contributed by atoms with E-state index in [4.69, 9.17) is 0 Å². The minimum atomic E-state index is -0.826.